The topological polar surface area (TPSA) is 32.3 Å². The molecule has 1 amide bonds. The molecule has 4 rings (SSSR count). The van der Waals surface area contributed by atoms with E-state index >= 15 is 0 Å². The Morgan fingerprint density at radius 1 is 1.00 bits per heavy atom. The minimum atomic E-state index is -0.248. The first-order valence-electron chi connectivity index (χ1n) is 9.01. The Kier molecular flexibility index (Phi) is 5.64. The highest BCUT2D eigenvalue weighted by molar-refractivity contribution is 5.95. The van der Waals surface area contributed by atoms with Crippen molar-refractivity contribution < 1.29 is 9.18 Å². The van der Waals surface area contributed by atoms with Crippen molar-refractivity contribution in [3.8, 4) is 11.1 Å². The largest absolute Gasteiger partial charge is 0.338 e. The van der Waals surface area contributed by atoms with Gasteiger partial charge in [-0.15, -0.1) is 12.4 Å². The molecule has 5 heteroatoms. The summed E-state index contributed by atoms with van der Waals surface area (Å²) in [5, 5.41) is 3.41. The molecule has 0 radical (unpaired) electrons. The van der Waals surface area contributed by atoms with Crippen LogP contribution in [0.2, 0.25) is 0 Å². The highest BCUT2D eigenvalue weighted by Crippen LogP contribution is 2.39. The van der Waals surface area contributed by atoms with E-state index in [2.05, 4.69) is 5.32 Å². The van der Waals surface area contributed by atoms with Gasteiger partial charge in [-0.1, -0.05) is 24.3 Å². The first kappa shape index (κ1) is 18.9. The van der Waals surface area contributed by atoms with E-state index in [9.17, 15) is 9.18 Å². The van der Waals surface area contributed by atoms with Crippen LogP contribution in [0, 0.1) is 11.2 Å². The molecule has 2 saturated heterocycles. The molecule has 3 nitrogen and oxygen atoms in total. The van der Waals surface area contributed by atoms with E-state index in [-0.39, 0.29) is 24.1 Å². The van der Waals surface area contributed by atoms with Gasteiger partial charge >= 0.3 is 0 Å². The maximum absolute atomic E-state index is 13.4. The Labute approximate surface area is 160 Å². The standard InChI is InChI=1S/C21H23FN2O.ClH/c22-19-3-1-2-18(14-19)16-4-6-17(7-5-16)20(25)24-13-10-21(15-24)8-11-23-12-9-21;/h1-7,14,23H,8-13,15H2;1H. The Bertz CT molecular complexity index is 772. The molecule has 1 N–H and O–H groups in total. The van der Waals surface area contributed by atoms with E-state index in [0.29, 0.717) is 11.0 Å². The van der Waals surface area contributed by atoms with Gasteiger partial charge in [0.25, 0.3) is 5.91 Å². The molecule has 26 heavy (non-hydrogen) atoms. The number of rotatable bonds is 2. The van der Waals surface area contributed by atoms with Crippen molar-refractivity contribution >= 4 is 18.3 Å². The van der Waals surface area contributed by atoms with Crippen LogP contribution in [0.3, 0.4) is 0 Å². The van der Waals surface area contributed by atoms with Gasteiger partial charge < -0.3 is 10.2 Å². The predicted octanol–water partition coefficient (Wildman–Crippen LogP) is 4.13. The molecule has 138 valence electrons. The summed E-state index contributed by atoms with van der Waals surface area (Å²) >= 11 is 0. The second-order valence-electron chi connectivity index (χ2n) is 7.31. The minimum absolute atomic E-state index is 0. The lowest BCUT2D eigenvalue weighted by Crippen LogP contribution is -2.39. The molecule has 2 fully saturated rings. The van der Waals surface area contributed by atoms with E-state index in [1.54, 1.807) is 6.07 Å². The molecule has 0 saturated carbocycles. The zero-order chi connectivity index (χ0) is 17.3. The molecule has 0 atom stereocenters. The van der Waals surface area contributed by atoms with Crippen molar-refractivity contribution in [3.63, 3.8) is 0 Å². The van der Waals surface area contributed by atoms with Crippen molar-refractivity contribution in [3.05, 3.63) is 59.9 Å². The Balaban J connectivity index is 0.00000196. The molecule has 2 aliphatic heterocycles. The van der Waals surface area contributed by atoms with Gasteiger partial charge in [-0.2, -0.15) is 0 Å². The van der Waals surface area contributed by atoms with Crippen LogP contribution in [0.4, 0.5) is 4.39 Å². The van der Waals surface area contributed by atoms with Gasteiger partial charge in [-0.25, -0.2) is 4.39 Å². The van der Waals surface area contributed by atoms with Gasteiger partial charge in [0.15, 0.2) is 0 Å². The lowest BCUT2D eigenvalue weighted by atomic mass is 9.78. The zero-order valence-electron chi connectivity index (χ0n) is 14.7. The van der Waals surface area contributed by atoms with Gasteiger partial charge in [0.1, 0.15) is 5.82 Å². The third kappa shape index (κ3) is 3.76. The minimum Gasteiger partial charge on any atom is -0.338 e. The molecule has 2 aromatic carbocycles. The van der Waals surface area contributed by atoms with E-state index in [0.717, 1.165) is 56.6 Å². The lowest BCUT2D eigenvalue weighted by molar-refractivity contribution is 0.0762. The third-order valence-electron chi connectivity index (χ3n) is 5.68. The fourth-order valence-corrected chi connectivity index (χ4v) is 4.13. The monoisotopic (exact) mass is 374 g/mol. The van der Waals surface area contributed by atoms with Crippen LogP contribution in [0.25, 0.3) is 11.1 Å². The summed E-state index contributed by atoms with van der Waals surface area (Å²) in [7, 11) is 0. The summed E-state index contributed by atoms with van der Waals surface area (Å²) in [6.45, 7) is 3.85. The van der Waals surface area contributed by atoms with Crippen molar-refractivity contribution in [1.29, 1.82) is 0 Å². The van der Waals surface area contributed by atoms with Crippen LogP contribution in [-0.2, 0) is 0 Å². The van der Waals surface area contributed by atoms with Crippen LogP contribution in [0.1, 0.15) is 29.6 Å². The maximum atomic E-state index is 13.4. The highest BCUT2D eigenvalue weighted by atomic mass is 35.5. The molecule has 2 aromatic rings. The van der Waals surface area contributed by atoms with E-state index in [1.165, 1.54) is 12.1 Å². The lowest BCUT2D eigenvalue weighted by Gasteiger charge is -2.33. The zero-order valence-corrected chi connectivity index (χ0v) is 15.5. The first-order chi connectivity index (χ1) is 12.2. The maximum Gasteiger partial charge on any atom is 0.253 e. The summed E-state index contributed by atoms with van der Waals surface area (Å²) in [5.74, 6) is -0.136. The molecule has 1 spiro atoms. The smallest absolute Gasteiger partial charge is 0.253 e. The van der Waals surface area contributed by atoms with Crippen molar-refractivity contribution in [1.82, 2.24) is 10.2 Å². The Morgan fingerprint density at radius 3 is 2.42 bits per heavy atom. The summed E-state index contributed by atoms with van der Waals surface area (Å²) in [4.78, 5) is 14.8. The van der Waals surface area contributed by atoms with Crippen molar-refractivity contribution in [2.75, 3.05) is 26.2 Å². The van der Waals surface area contributed by atoms with Gasteiger partial charge in [-0.05, 0) is 73.2 Å². The second-order valence-corrected chi connectivity index (χ2v) is 7.31. The SMILES string of the molecule is Cl.O=C(c1ccc(-c2cccc(F)c2)cc1)N1CCC2(CCNCC2)C1. The number of halogens is 2. The molecule has 0 bridgehead atoms. The van der Waals surface area contributed by atoms with E-state index in [1.807, 2.05) is 35.2 Å². The summed E-state index contributed by atoms with van der Waals surface area (Å²) in [5.41, 5.74) is 2.79. The number of amides is 1. The molecule has 0 unspecified atom stereocenters. The van der Waals surface area contributed by atoms with Gasteiger partial charge in [0, 0.05) is 18.7 Å². The van der Waals surface area contributed by atoms with E-state index in [4.69, 9.17) is 0 Å². The average Bonchev–Trinajstić information content (AvgIpc) is 3.05. The summed E-state index contributed by atoms with van der Waals surface area (Å²) < 4.78 is 13.4. The number of carbonyl (C=O) groups excluding carboxylic acids is 1. The van der Waals surface area contributed by atoms with Crippen molar-refractivity contribution in [2.24, 2.45) is 5.41 Å². The fourth-order valence-electron chi connectivity index (χ4n) is 4.13. The number of nitrogens with zero attached hydrogens (tertiary/aromatic N) is 1. The fraction of sp³-hybridized carbons (Fsp3) is 0.381. The first-order valence-corrected chi connectivity index (χ1v) is 9.01. The summed E-state index contributed by atoms with van der Waals surface area (Å²) in [6, 6.07) is 14.0. The number of hydrogen-bond acceptors (Lipinski definition) is 2. The highest BCUT2D eigenvalue weighted by Gasteiger charge is 2.40. The number of carbonyl (C=O) groups is 1. The quantitative estimate of drug-likeness (QED) is 0.857. The molecular weight excluding hydrogens is 351 g/mol. The Morgan fingerprint density at radius 2 is 1.73 bits per heavy atom. The second kappa shape index (κ2) is 7.77. The number of hydrogen-bond donors (Lipinski definition) is 1. The van der Waals surface area contributed by atoms with Crippen molar-refractivity contribution in [2.45, 2.75) is 19.3 Å². The van der Waals surface area contributed by atoms with Gasteiger partial charge in [0.05, 0.1) is 0 Å². The van der Waals surface area contributed by atoms with Gasteiger partial charge in [-0.3, -0.25) is 4.79 Å². The van der Waals surface area contributed by atoms with E-state index < -0.39 is 0 Å². The molecule has 2 aliphatic rings. The molecule has 2 heterocycles. The summed E-state index contributed by atoms with van der Waals surface area (Å²) in [6.07, 6.45) is 3.44. The van der Waals surface area contributed by atoms with Crippen LogP contribution >= 0.6 is 12.4 Å². The van der Waals surface area contributed by atoms with Gasteiger partial charge in [0.2, 0.25) is 0 Å². The predicted molar refractivity (Wildman–Crippen MR) is 104 cm³/mol. The average molecular weight is 375 g/mol. The number of nitrogens with one attached hydrogen (secondary N) is 1. The van der Waals surface area contributed by atoms with Crippen LogP contribution in [0.5, 0.6) is 0 Å². The third-order valence-corrected chi connectivity index (χ3v) is 5.68. The van der Waals surface area contributed by atoms with Crippen LogP contribution in [0.15, 0.2) is 48.5 Å². The molecular formula is C21H24ClFN2O. The molecule has 0 aromatic heterocycles. The van der Waals surface area contributed by atoms with Crippen LogP contribution < -0.4 is 5.32 Å². The Hall–Kier alpha value is -1.91. The van der Waals surface area contributed by atoms with Crippen LogP contribution in [-0.4, -0.2) is 37.0 Å². The number of benzene rings is 2. The normalized spacial score (nSPS) is 18.6. The number of piperidine rings is 1. The molecule has 0 aliphatic carbocycles. The number of likely N-dealkylation sites (tertiary alicyclic amines) is 1.